The molecule has 0 aliphatic heterocycles. The summed E-state index contributed by atoms with van der Waals surface area (Å²) < 4.78 is 5.41. The Bertz CT molecular complexity index is 422. The van der Waals surface area contributed by atoms with Gasteiger partial charge in [0.05, 0.1) is 18.2 Å². The molecule has 0 radical (unpaired) electrons. The Hall–Kier alpha value is -1.26. The minimum atomic E-state index is -0.148. The number of halogens is 1. The molecular formula is C13H19ClN2O2. The number of ether oxygens (including phenoxy) is 1. The van der Waals surface area contributed by atoms with Crippen LogP contribution in [-0.2, 0) is 11.2 Å². The fourth-order valence-electron chi connectivity index (χ4n) is 1.64. The number of benzene rings is 1. The molecule has 1 rings (SSSR count). The molecule has 1 aromatic rings. The van der Waals surface area contributed by atoms with Crippen LogP contribution in [0.4, 0.5) is 0 Å². The van der Waals surface area contributed by atoms with E-state index in [0.717, 1.165) is 17.5 Å². The van der Waals surface area contributed by atoms with Gasteiger partial charge in [-0.2, -0.15) is 0 Å². The van der Waals surface area contributed by atoms with Crippen molar-refractivity contribution in [3.63, 3.8) is 0 Å². The molecular weight excluding hydrogens is 252 g/mol. The lowest BCUT2D eigenvalue weighted by Crippen LogP contribution is -2.31. The first-order chi connectivity index (χ1) is 8.58. The van der Waals surface area contributed by atoms with Crippen LogP contribution < -0.4 is 15.8 Å². The normalized spacial score (nSPS) is 10.2. The highest BCUT2D eigenvalue weighted by Gasteiger charge is 2.07. The first-order valence-corrected chi connectivity index (χ1v) is 6.34. The number of amides is 1. The number of rotatable bonds is 6. The van der Waals surface area contributed by atoms with Gasteiger partial charge < -0.3 is 15.8 Å². The Morgan fingerprint density at radius 2 is 2.22 bits per heavy atom. The molecule has 18 heavy (non-hydrogen) atoms. The fourth-order valence-corrected chi connectivity index (χ4v) is 1.88. The summed E-state index contributed by atoms with van der Waals surface area (Å²) >= 11 is 6.12. The van der Waals surface area contributed by atoms with E-state index in [4.69, 9.17) is 22.1 Å². The topological polar surface area (TPSA) is 64.3 Å². The molecule has 1 amide bonds. The quantitative estimate of drug-likeness (QED) is 0.826. The molecule has 100 valence electrons. The second-order valence-corrected chi connectivity index (χ2v) is 4.35. The van der Waals surface area contributed by atoms with Gasteiger partial charge in [0.25, 0.3) is 0 Å². The molecule has 0 saturated heterocycles. The van der Waals surface area contributed by atoms with Gasteiger partial charge in [0, 0.05) is 6.54 Å². The molecule has 0 aliphatic carbocycles. The maximum absolute atomic E-state index is 11.0. The van der Waals surface area contributed by atoms with Crippen molar-refractivity contribution in [3.05, 3.63) is 28.3 Å². The Kier molecular flexibility index (Phi) is 5.95. The van der Waals surface area contributed by atoms with Crippen LogP contribution in [0, 0.1) is 6.92 Å². The number of hydrogen-bond acceptors (Lipinski definition) is 3. The van der Waals surface area contributed by atoms with Crippen molar-refractivity contribution >= 4 is 17.5 Å². The van der Waals surface area contributed by atoms with E-state index in [1.54, 1.807) is 0 Å². The minimum Gasteiger partial charge on any atom is -0.492 e. The molecule has 0 aromatic heterocycles. The number of carbonyl (C=O) groups excluding carboxylic acids is 1. The summed E-state index contributed by atoms with van der Waals surface area (Å²) in [6.45, 7) is 5.08. The van der Waals surface area contributed by atoms with E-state index in [9.17, 15) is 4.79 Å². The average Bonchev–Trinajstić information content (AvgIpc) is 2.35. The molecule has 5 heteroatoms. The minimum absolute atomic E-state index is 0.0169. The van der Waals surface area contributed by atoms with E-state index in [-0.39, 0.29) is 12.5 Å². The summed E-state index contributed by atoms with van der Waals surface area (Å²) in [4.78, 5) is 11.0. The monoisotopic (exact) mass is 270 g/mol. The SMILES string of the molecule is CCOc1cc(C)c(CCNC(=O)CN)cc1Cl. The van der Waals surface area contributed by atoms with E-state index in [1.807, 2.05) is 26.0 Å². The summed E-state index contributed by atoms with van der Waals surface area (Å²) in [6.07, 6.45) is 0.726. The van der Waals surface area contributed by atoms with E-state index >= 15 is 0 Å². The summed E-state index contributed by atoms with van der Waals surface area (Å²) in [5.41, 5.74) is 7.41. The van der Waals surface area contributed by atoms with Gasteiger partial charge in [0.2, 0.25) is 5.91 Å². The average molecular weight is 271 g/mol. The summed E-state index contributed by atoms with van der Waals surface area (Å²) in [6, 6.07) is 3.81. The van der Waals surface area contributed by atoms with Gasteiger partial charge in [-0.1, -0.05) is 11.6 Å². The smallest absolute Gasteiger partial charge is 0.233 e. The molecule has 0 unspecified atom stereocenters. The Labute approximate surface area is 112 Å². The van der Waals surface area contributed by atoms with Crippen molar-refractivity contribution in [3.8, 4) is 5.75 Å². The maximum Gasteiger partial charge on any atom is 0.233 e. The van der Waals surface area contributed by atoms with Gasteiger partial charge in [0.15, 0.2) is 0 Å². The van der Waals surface area contributed by atoms with Crippen molar-refractivity contribution < 1.29 is 9.53 Å². The lowest BCUT2D eigenvalue weighted by molar-refractivity contribution is -0.119. The third-order valence-corrected chi connectivity index (χ3v) is 2.89. The van der Waals surface area contributed by atoms with Crippen molar-refractivity contribution in [2.45, 2.75) is 20.3 Å². The summed E-state index contributed by atoms with van der Waals surface area (Å²) in [7, 11) is 0. The third-order valence-electron chi connectivity index (χ3n) is 2.59. The van der Waals surface area contributed by atoms with Crippen LogP contribution in [0.3, 0.4) is 0 Å². The lowest BCUT2D eigenvalue weighted by atomic mass is 10.1. The highest BCUT2D eigenvalue weighted by molar-refractivity contribution is 6.32. The predicted octanol–water partition coefficient (Wildman–Crippen LogP) is 1.66. The zero-order valence-electron chi connectivity index (χ0n) is 10.8. The van der Waals surface area contributed by atoms with Gasteiger partial charge in [0.1, 0.15) is 5.75 Å². The van der Waals surface area contributed by atoms with E-state index in [1.165, 1.54) is 0 Å². The van der Waals surface area contributed by atoms with Gasteiger partial charge in [-0.3, -0.25) is 4.79 Å². The summed E-state index contributed by atoms with van der Waals surface area (Å²) in [5.74, 6) is 0.552. The van der Waals surface area contributed by atoms with Crippen LogP contribution >= 0.6 is 11.6 Å². The number of nitrogens with one attached hydrogen (secondary N) is 1. The summed E-state index contributed by atoms with van der Waals surface area (Å²) in [5, 5.41) is 3.33. The van der Waals surface area contributed by atoms with Crippen LogP contribution in [0.25, 0.3) is 0 Å². The maximum atomic E-state index is 11.0. The molecule has 0 aliphatic rings. The molecule has 0 bridgehead atoms. The second kappa shape index (κ2) is 7.24. The molecule has 0 saturated carbocycles. The van der Waals surface area contributed by atoms with Crippen LogP contribution in [0.15, 0.2) is 12.1 Å². The predicted molar refractivity (Wildman–Crippen MR) is 73.1 cm³/mol. The third kappa shape index (κ3) is 4.20. The number of hydrogen-bond donors (Lipinski definition) is 2. The zero-order valence-corrected chi connectivity index (χ0v) is 11.5. The standard InChI is InChI=1S/C13H19ClN2O2/c1-3-18-12-6-9(2)10(7-11(12)14)4-5-16-13(17)8-15/h6-7H,3-5,8,15H2,1-2H3,(H,16,17). The van der Waals surface area contributed by atoms with Crippen molar-refractivity contribution in [1.82, 2.24) is 5.32 Å². The fraction of sp³-hybridized carbons (Fsp3) is 0.462. The van der Waals surface area contributed by atoms with Crippen molar-refractivity contribution in [2.75, 3.05) is 19.7 Å². The highest BCUT2D eigenvalue weighted by atomic mass is 35.5. The van der Waals surface area contributed by atoms with Gasteiger partial charge >= 0.3 is 0 Å². The van der Waals surface area contributed by atoms with Crippen LogP contribution in [0.2, 0.25) is 5.02 Å². The largest absolute Gasteiger partial charge is 0.492 e. The van der Waals surface area contributed by atoms with Crippen LogP contribution in [-0.4, -0.2) is 25.6 Å². The lowest BCUT2D eigenvalue weighted by Gasteiger charge is -2.11. The van der Waals surface area contributed by atoms with Gasteiger partial charge in [-0.25, -0.2) is 0 Å². The Morgan fingerprint density at radius 1 is 1.50 bits per heavy atom. The van der Waals surface area contributed by atoms with Crippen LogP contribution in [0.5, 0.6) is 5.75 Å². The van der Waals surface area contributed by atoms with E-state index < -0.39 is 0 Å². The highest BCUT2D eigenvalue weighted by Crippen LogP contribution is 2.28. The van der Waals surface area contributed by atoms with Crippen molar-refractivity contribution in [2.24, 2.45) is 5.73 Å². The molecule has 4 nitrogen and oxygen atoms in total. The van der Waals surface area contributed by atoms with E-state index in [0.29, 0.717) is 23.9 Å². The number of nitrogens with two attached hydrogens (primary N) is 1. The molecule has 1 aromatic carbocycles. The zero-order chi connectivity index (χ0) is 13.5. The molecule has 0 spiro atoms. The number of carbonyl (C=O) groups is 1. The van der Waals surface area contributed by atoms with Crippen LogP contribution in [0.1, 0.15) is 18.1 Å². The molecule has 3 N–H and O–H groups in total. The van der Waals surface area contributed by atoms with Gasteiger partial charge in [-0.15, -0.1) is 0 Å². The second-order valence-electron chi connectivity index (χ2n) is 3.95. The Morgan fingerprint density at radius 3 is 2.83 bits per heavy atom. The molecule has 0 heterocycles. The number of aryl methyl sites for hydroxylation is 1. The molecule has 0 atom stereocenters. The molecule has 0 fully saturated rings. The first kappa shape index (κ1) is 14.8. The first-order valence-electron chi connectivity index (χ1n) is 5.97. The van der Waals surface area contributed by atoms with E-state index in [2.05, 4.69) is 5.32 Å². The Balaban J connectivity index is 2.66. The van der Waals surface area contributed by atoms with Crippen molar-refractivity contribution in [1.29, 1.82) is 0 Å². The van der Waals surface area contributed by atoms with Gasteiger partial charge in [-0.05, 0) is 43.5 Å².